The lowest BCUT2D eigenvalue weighted by Gasteiger charge is -2.27. The summed E-state index contributed by atoms with van der Waals surface area (Å²) in [5, 5.41) is 17.9. The van der Waals surface area contributed by atoms with Crippen molar-refractivity contribution >= 4 is 18.4 Å². The Kier molecular flexibility index (Phi) is 3.83. The second-order valence-electron chi connectivity index (χ2n) is 2.90. The zero-order valence-electron chi connectivity index (χ0n) is 6.25. The number of rotatable bonds is 1. The number of carboxylic acids is 1. The molecule has 1 saturated carbocycles. The number of hydrogen-bond acceptors (Lipinski definition) is 2. The Morgan fingerprint density at radius 2 is 1.64 bits per heavy atom. The summed E-state index contributed by atoms with van der Waals surface area (Å²) in [5.41, 5.74) is -1.40. The normalized spacial score (nSPS) is 21.9. The SMILES string of the molecule is Cl.O=C(O)C1(O)CCCCC1. The molecule has 0 atom stereocenters. The minimum atomic E-state index is -1.40. The van der Waals surface area contributed by atoms with Crippen molar-refractivity contribution < 1.29 is 15.0 Å². The second kappa shape index (κ2) is 3.93. The summed E-state index contributed by atoms with van der Waals surface area (Å²) in [5.74, 6) is -1.06. The van der Waals surface area contributed by atoms with Gasteiger partial charge in [0.05, 0.1) is 0 Å². The fourth-order valence-electron chi connectivity index (χ4n) is 1.35. The van der Waals surface area contributed by atoms with E-state index in [1.165, 1.54) is 0 Å². The highest BCUT2D eigenvalue weighted by molar-refractivity contribution is 5.85. The van der Waals surface area contributed by atoms with Crippen LogP contribution in [0.3, 0.4) is 0 Å². The van der Waals surface area contributed by atoms with Gasteiger partial charge in [-0.15, -0.1) is 12.4 Å². The summed E-state index contributed by atoms with van der Waals surface area (Å²) < 4.78 is 0. The predicted molar refractivity (Wildman–Crippen MR) is 42.9 cm³/mol. The molecule has 4 heteroatoms. The lowest BCUT2D eigenvalue weighted by molar-refractivity contribution is -0.161. The van der Waals surface area contributed by atoms with Crippen LogP contribution >= 0.6 is 12.4 Å². The molecule has 1 fully saturated rings. The topological polar surface area (TPSA) is 57.5 Å². The molecule has 2 N–H and O–H groups in total. The van der Waals surface area contributed by atoms with Crippen molar-refractivity contribution in [3.05, 3.63) is 0 Å². The molecule has 0 bridgehead atoms. The molecule has 1 aliphatic carbocycles. The summed E-state index contributed by atoms with van der Waals surface area (Å²) in [6.45, 7) is 0. The first-order chi connectivity index (χ1) is 4.65. The van der Waals surface area contributed by atoms with Crippen LogP contribution in [0.25, 0.3) is 0 Å². The quantitative estimate of drug-likeness (QED) is 0.638. The van der Waals surface area contributed by atoms with Gasteiger partial charge < -0.3 is 10.2 Å². The van der Waals surface area contributed by atoms with Crippen LogP contribution in [0.4, 0.5) is 0 Å². The van der Waals surface area contributed by atoms with E-state index in [2.05, 4.69) is 0 Å². The molecule has 0 saturated heterocycles. The van der Waals surface area contributed by atoms with Gasteiger partial charge in [-0.25, -0.2) is 4.79 Å². The maximum Gasteiger partial charge on any atom is 0.335 e. The van der Waals surface area contributed by atoms with Crippen LogP contribution < -0.4 is 0 Å². The van der Waals surface area contributed by atoms with Gasteiger partial charge in [0.25, 0.3) is 0 Å². The average Bonchev–Trinajstić information content (AvgIpc) is 1.89. The van der Waals surface area contributed by atoms with Crippen LogP contribution in [-0.2, 0) is 4.79 Å². The first kappa shape index (κ1) is 10.7. The third-order valence-electron chi connectivity index (χ3n) is 2.08. The van der Waals surface area contributed by atoms with E-state index in [0.29, 0.717) is 12.8 Å². The summed E-state index contributed by atoms with van der Waals surface area (Å²) in [4.78, 5) is 10.4. The van der Waals surface area contributed by atoms with Gasteiger partial charge >= 0.3 is 5.97 Å². The van der Waals surface area contributed by atoms with Crippen LogP contribution in [0, 0.1) is 0 Å². The van der Waals surface area contributed by atoms with E-state index in [1.807, 2.05) is 0 Å². The lowest BCUT2D eigenvalue weighted by Crippen LogP contribution is -2.40. The Morgan fingerprint density at radius 1 is 1.18 bits per heavy atom. The lowest BCUT2D eigenvalue weighted by atomic mass is 9.85. The number of carbonyl (C=O) groups is 1. The first-order valence-corrected chi connectivity index (χ1v) is 3.61. The summed E-state index contributed by atoms with van der Waals surface area (Å²) >= 11 is 0. The van der Waals surface area contributed by atoms with E-state index < -0.39 is 11.6 Å². The fraction of sp³-hybridized carbons (Fsp3) is 0.857. The molecule has 0 unspecified atom stereocenters. The molecule has 0 aromatic heterocycles. The highest BCUT2D eigenvalue weighted by Gasteiger charge is 2.36. The van der Waals surface area contributed by atoms with E-state index in [9.17, 15) is 9.90 Å². The number of carboxylic acid groups (broad SMARTS) is 1. The van der Waals surface area contributed by atoms with Crippen molar-refractivity contribution in [2.75, 3.05) is 0 Å². The smallest absolute Gasteiger partial charge is 0.335 e. The highest BCUT2D eigenvalue weighted by atomic mass is 35.5. The van der Waals surface area contributed by atoms with E-state index >= 15 is 0 Å². The standard InChI is InChI=1S/C7H12O3.ClH/c8-6(9)7(10)4-2-1-3-5-7;/h10H,1-5H2,(H,8,9);1H. The zero-order chi connectivity index (χ0) is 7.61. The molecule has 0 heterocycles. The Labute approximate surface area is 71.8 Å². The Balaban J connectivity index is 0.000001000. The van der Waals surface area contributed by atoms with Crippen LogP contribution in [-0.4, -0.2) is 21.8 Å². The van der Waals surface area contributed by atoms with E-state index in [4.69, 9.17) is 5.11 Å². The summed E-state index contributed by atoms with van der Waals surface area (Å²) in [6, 6.07) is 0. The van der Waals surface area contributed by atoms with Gasteiger partial charge in [0.1, 0.15) is 0 Å². The molecule has 66 valence electrons. The van der Waals surface area contributed by atoms with E-state index in [1.54, 1.807) is 0 Å². The van der Waals surface area contributed by atoms with Crippen molar-refractivity contribution in [1.29, 1.82) is 0 Å². The monoisotopic (exact) mass is 180 g/mol. The van der Waals surface area contributed by atoms with Gasteiger partial charge in [0.15, 0.2) is 5.60 Å². The maximum absolute atomic E-state index is 10.4. The molecule has 1 rings (SSSR count). The minimum Gasteiger partial charge on any atom is -0.479 e. The van der Waals surface area contributed by atoms with Crippen molar-refractivity contribution in [3.63, 3.8) is 0 Å². The molecule has 1 aliphatic rings. The summed E-state index contributed by atoms with van der Waals surface area (Å²) in [6.07, 6.45) is 3.56. The molecule has 0 spiro atoms. The molecule has 0 aromatic rings. The van der Waals surface area contributed by atoms with Gasteiger partial charge in [0.2, 0.25) is 0 Å². The van der Waals surface area contributed by atoms with Crippen LogP contribution in [0.1, 0.15) is 32.1 Å². The maximum atomic E-state index is 10.4. The van der Waals surface area contributed by atoms with Crippen LogP contribution in [0.5, 0.6) is 0 Å². The predicted octanol–water partition coefficient (Wildman–Crippen LogP) is 1.19. The third-order valence-corrected chi connectivity index (χ3v) is 2.08. The molecular weight excluding hydrogens is 168 g/mol. The number of halogens is 1. The van der Waals surface area contributed by atoms with Gasteiger partial charge in [-0.1, -0.05) is 6.42 Å². The van der Waals surface area contributed by atoms with Crippen LogP contribution in [0.2, 0.25) is 0 Å². The van der Waals surface area contributed by atoms with E-state index in [-0.39, 0.29) is 12.4 Å². The van der Waals surface area contributed by atoms with Gasteiger partial charge in [-0.05, 0) is 25.7 Å². The molecular formula is C7H13ClO3. The average molecular weight is 181 g/mol. The largest absolute Gasteiger partial charge is 0.479 e. The van der Waals surface area contributed by atoms with Crippen LogP contribution in [0.15, 0.2) is 0 Å². The van der Waals surface area contributed by atoms with Crippen molar-refractivity contribution in [2.45, 2.75) is 37.7 Å². The highest BCUT2D eigenvalue weighted by Crippen LogP contribution is 2.27. The van der Waals surface area contributed by atoms with Crippen molar-refractivity contribution in [2.24, 2.45) is 0 Å². The van der Waals surface area contributed by atoms with Gasteiger partial charge in [-0.3, -0.25) is 0 Å². The van der Waals surface area contributed by atoms with Crippen molar-refractivity contribution in [3.8, 4) is 0 Å². The van der Waals surface area contributed by atoms with Gasteiger partial charge in [-0.2, -0.15) is 0 Å². The zero-order valence-corrected chi connectivity index (χ0v) is 7.06. The molecule has 3 nitrogen and oxygen atoms in total. The minimum absolute atomic E-state index is 0. The fourth-order valence-corrected chi connectivity index (χ4v) is 1.35. The third kappa shape index (κ3) is 2.34. The number of aliphatic hydroxyl groups is 1. The molecule has 0 aliphatic heterocycles. The molecule has 0 amide bonds. The Morgan fingerprint density at radius 3 is 1.91 bits per heavy atom. The second-order valence-corrected chi connectivity index (χ2v) is 2.90. The first-order valence-electron chi connectivity index (χ1n) is 3.61. The van der Waals surface area contributed by atoms with Gasteiger partial charge in [0, 0.05) is 0 Å². The number of hydrogen-bond donors (Lipinski definition) is 2. The Hall–Kier alpha value is -0.280. The van der Waals surface area contributed by atoms with Crippen molar-refractivity contribution in [1.82, 2.24) is 0 Å². The molecule has 11 heavy (non-hydrogen) atoms. The summed E-state index contributed by atoms with van der Waals surface area (Å²) in [7, 11) is 0. The number of aliphatic carboxylic acids is 1. The molecule has 0 aromatic carbocycles. The molecule has 0 radical (unpaired) electrons. The Bertz CT molecular complexity index is 141. The van der Waals surface area contributed by atoms with E-state index in [0.717, 1.165) is 19.3 Å².